The highest BCUT2D eigenvalue weighted by Crippen LogP contribution is 2.34. The fourth-order valence-corrected chi connectivity index (χ4v) is 2.31. The number of carbonyl (C=O) groups excluding carboxylic acids is 1. The first-order valence-corrected chi connectivity index (χ1v) is 6.93. The van der Waals surface area contributed by atoms with E-state index in [2.05, 4.69) is 5.32 Å². The Balaban J connectivity index is 2.30. The molecule has 0 aliphatic rings. The van der Waals surface area contributed by atoms with Gasteiger partial charge in [-0.15, -0.1) is 0 Å². The summed E-state index contributed by atoms with van der Waals surface area (Å²) in [6.07, 6.45) is -4.49. The maximum Gasteiger partial charge on any atom is 0.416 e. The molecule has 0 aromatic heterocycles. The summed E-state index contributed by atoms with van der Waals surface area (Å²) in [5.74, 6) is -0.125. The summed E-state index contributed by atoms with van der Waals surface area (Å²) < 4.78 is 43.0. The van der Waals surface area contributed by atoms with Crippen molar-refractivity contribution in [3.05, 3.63) is 58.1 Å². The Bertz CT molecular complexity index is 745. The van der Waals surface area contributed by atoms with Gasteiger partial charge < -0.3 is 10.1 Å². The second kappa shape index (κ2) is 6.50. The Morgan fingerprint density at radius 3 is 2.48 bits per heavy atom. The number of hydrogen-bond donors (Lipinski definition) is 1. The molecule has 0 unspecified atom stereocenters. The molecule has 2 aromatic carbocycles. The molecule has 0 aliphatic heterocycles. The van der Waals surface area contributed by atoms with Gasteiger partial charge in [-0.05, 0) is 36.8 Å². The van der Waals surface area contributed by atoms with Crippen molar-refractivity contribution >= 4 is 23.2 Å². The van der Waals surface area contributed by atoms with Gasteiger partial charge in [0.05, 0.1) is 28.9 Å². The number of anilines is 1. The zero-order valence-corrected chi connectivity index (χ0v) is 13.0. The van der Waals surface area contributed by atoms with Crippen LogP contribution in [0.15, 0.2) is 36.4 Å². The molecule has 0 saturated heterocycles. The van der Waals surface area contributed by atoms with E-state index in [0.29, 0.717) is 5.75 Å². The van der Waals surface area contributed by atoms with Gasteiger partial charge in [-0.2, -0.15) is 13.2 Å². The molecule has 0 spiro atoms. The number of benzene rings is 2. The zero-order valence-electron chi connectivity index (χ0n) is 12.3. The average Bonchev–Trinajstić information content (AvgIpc) is 2.47. The largest absolute Gasteiger partial charge is 0.496 e. The first-order valence-electron chi connectivity index (χ1n) is 6.55. The fraction of sp³-hybridized carbons (Fsp3) is 0.188. The number of hydrogen-bond acceptors (Lipinski definition) is 2. The quantitative estimate of drug-likeness (QED) is 0.858. The number of methoxy groups -OCH3 is 1. The Kier molecular flexibility index (Phi) is 4.85. The summed E-state index contributed by atoms with van der Waals surface area (Å²) in [5, 5.41) is 2.29. The molecule has 7 heteroatoms. The normalized spacial score (nSPS) is 11.2. The molecular formula is C16H13ClF3NO2. The summed E-state index contributed by atoms with van der Waals surface area (Å²) in [7, 11) is 1.43. The third-order valence-corrected chi connectivity index (χ3v) is 3.52. The van der Waals surface area contributed by atoms with Crippen LogP contribution in [0.4, 0.5) is 18.9 Å². The van der Waals surface area contributed by atoms with E-state index < -0.39 is 17.6 Å². The molecule has 1 amide bonds. The molecule has 2 aromatic rings. The number of nitrogens with one attached hydrogen (secondary N) is 1. The Hall–Kier alpha value is -2.21. The maximum absolute atomic E-state index is 12.6. The highest BCUT2D eigenvalue weighted by molar-refractivity contribution is 6.34. The van der Waals surface area contributed by atoms with Crippen LogP contribution in [0.25, 0.3) is 0 Å². The van der Waals surface area contributed by atoms with Crippen molar-refractivity contribution in [3.63, 3.8) is 0 Å². The number of amides is 1. The van der Waals surface area contributed by atoms with Crippen LogP contribution in [0.5, 0.6) is 5.75 Å². The molecule has 0 atom stereocenters. The zero-order chi connectivity index (χ0) is 17.2. The summed E-state index contributed by atoms with van der Waals surface area (Å²) in [5.41, 5.74) is 0.240. The Morgan fingerprint density at radius 1 is 1.22 bits per heavy atom. The topological polar surface area (TPSA) is 38.3 Å². The number of ether oxygens (including phenoxy) is 1. The first kappa shape index (κ1) is 17.1. The molecule has 0 heterocycles. The van der Waals surface area contributed by atoms with Gasteiger partial charge in [0, 0.05) is 0 Å². The van der Waals surface area contributed by atoms with Gasteiger partial charge in [-0.25, -0.2) is 0 Å². The van der Waals surface area contributed by atoms with E-state index in [0.717, 1.165) is 23.8 Å². The molecule has 2 rings (SSSR count). The van der Waals surface area contributed by atoms with Gasteiger partial charge in [0.2, 0.25) is 0 Å². The van der Waals surface area contributed by atoms with Crippen molar-refractivity contribution < 1.29 is 22.7 Å². The lowest BCUT2D eigenvalue weighted by atomic mass is 10.1. The van der Waals surface area contributed by atoms with E-state index in [1.54, 1.807) is 25.1 Å². The summed E-state index contributed by atoms with van der Waals surface area (Å²) in [4.78, 5) is 12.3. The number of rotatable bonds is 3. The Morgan fingerprint density at radius 2 is 1.91 bits per heavy atom. The lowest BCUT2D eigenvalue weighted by Crippen LogP contribution is -2.14. The fourth-order valence-electron chi connectivity index (χ4n) is 2.08. The smallest absolute Gasteiger partial charge is 0.416 e. The highest BCUT2D eigenvalue weighted by Gasteiger charge is 2.31. The van der Waals surface area contributed by atoms with Crippen LogP contribution in [0.2, 0.25) is 5.02 Å². The first-order chi connectivity index (χ1) is 10.7. The van der Waals surface area contributed by atoms with Crippen LogP contribution in [-0.4, -0.2) is 13.0 Å². The van der Waals surface area contributed by atoms with Gasteiger partial charge in [0.15, 0.2) is 0 Å². The van der Waals surface area contributed by atoms with Crippen LogP contribution < -0.4 is 10.1 Å². The second-order valence-electron chi connectivity index (χ2n) is 4.80. The van der Waals surface area contributed by atoms with Crippen molar-refractivity contribution in [2.24, 2.45) is 0 Å². The lowest BCUT2D eigenvalue weighted by Gasteiger charge is -2.13. The minimum atomic E-state index is -4.49. The summed E-state index contributed by atoms with van der Waals surface area (Å²) >= 11 is 5.83. The number of carbonyl (C=O) groups is 1. The van der Waals surface area contributed by atoms with E-state index in [1.165, 1.54) is 7.11 Å². The van der Waals surface area contributed by atoms with Gasteiger partial charge in [-0.3, -0.25) is 4.79 Å². The van der Waals surface area contributed by atoms with E-state index in [-0.39, 0.29) is 16.3 Å². The summed E-state index contributed by atoms with van der Waals surface area (Å²) in [6, 6.07) is 7.76. The molecule has 23 heavy (non-hydrogen) atoms. The molecule has 0 saturated carbocycles. The second-order valence-corrected chi connectivity index (χ2v) is 5.21. The van der Waals surface area contributed by atoms with Gasteiger partial charge in [0.25, 0.3) is 5.91 Å². The van der Waals surface area contributed by atoms with Crippen molar-refractivity contribution in [3.8, 4) is 5.75 Å². The van der Waals surface area contributed by atoms with E-state index >= 15 is 0 Å². The minimum absolute atomic E-state index is 0.0909. The molecule has 3 nitrogen and oxygen atoms in total. The summed E-state index contributed by atoms with van der Waals surface area (Å²) in [6.45, 7) is 1.78. The van der Waals surface area contributed by atoms with E-state index in [1.807, 2.05) is 0 Å². The van der Waals surface area contributed by atoms with Crippen LogP contribution >= 0.6 is 11.6 Å². The van der Waals surface area contributed by atoms with Gasteiger partial charge in [0.1, 0.15) is 5.75 Å². The predicted molar refractivity (Wildman–Crippen MR) is 82.1 cm³/mol. The third-order valence-electron chi connectivity index (χ3n) is 3.21. The molecule has 0 radical (unpaired) electrons. The molecule has 0 aliphatic carbocycles. The highest BCUT2D eigenvalue weighted by atomic mass is 35.5. The molecule has 122 valence electrons. The standard InChI is InChI=1S/C16H13ClF3NO2/c1-9-4-3-5-11(14(9)23-2)15(22)21-13-7-6-10(8-12(13)17)16(18,19)20/h3-8H,1-2H3,(H,21,22). The average molecular weight is 344 g/mol. The molecular weight excluding hydrogens is 331 g/mol. The van der Waals surface area contributed by atoms with Crippen LogP contribution in [-0.2, 0) is 6.18 Å². The number of alkyl halides is 3. The monoisotopic (exact) mass is 343 g/mol. The number of para-hydroxylation sites is 1. The van der Waals surface area contributed by atoms with Gasteiger partial charge >= 0.3 is 6.18 Å². The van der Waals surface area contributed by atoms with E-state index in [4.69, 9.17) is 16.3 Å². The minimum Gasteiger partial charge on any atom is -0.496 e. The molecule has 0 bridgehead atoms. The van der Waals surface area contributed by atoms with E-state index in [9.17, 15) is 18.0 Å². The maximum atomic E-state index is 12.6. The molecule has 0 fully saturated rings. The Labute approximate surface area is 136 Å². The van der Waals surface area contributed by atoms with Crippen LogP contribution in [0.1, 0.15) is 21.5 Å². The lowest BCUT2D eigenvalue weighted by molar-refractivity contribution is -0.137. The molecule has 1 N–H and O–H groups in total. The van der Waals surface area contributed by atoms with Gasteiger partial charge in [-0.1, -0.05) is 23.7 Å². The van der Waals surface area contributed by atoms with Crippen LogP contribution in [0.3, 0.4) is 0 Å². The van der Waals surface area contributed by atoms with Crippen molar-refractivity contribution in [1.29, 1.82) is 0 Å². The number of aryl methyl sites for hydroxylation is 1. The third kappa shape index (κ3) is 3.76. The van der Waals surface area contributed by atoms with Crippen molar-refractivity contribution in [2.75, 3.05) is 12.4 Å². The van der Waals surface area contributed by atoms with Crippen molar-refractivity contribution in [2.45, 2.75) is 13.1 Å². The number of halogens is 4. The predicted octanol–water partition coefficient (Wildman–Crippen LogP) is 4.93. The SMILES string of the molecule is COc1c(C)cccc1C(=O)Nc1ccc(C(F)(F)F)cc1Cl. The van der Waals surface area contributed by atoms with Crippen LogP contribution in [0, 0.1) is 6.92 Å². The van der Waals surface area contributed by atoms with Crippen molar-refractivity contribution in [1.82, 2.24) is 0 Å².